The number of carbonyl (C=O) groups is 1. The summed E-state index contributed by atoms with van der Waals surface area (Å²) >= 11 is 0. The zero-order chi connectivity index (χ0) is 15.4. The molecule has 0 saturated carbocycles. The van der Waals surface area contributed by atoms with Gasteiger partial charge in [0.1, 0.15) is 0 Å². The van der Waals surface area contributed by atoms with E-state index in [1.54, 1.807) is 6.20 Å². The van der Waals surface area contributed by atoms with Crippen molar-refractivity contribution in [2.45, 2.75) is 18.9 Å². The van der Waals surface area contributed by atoms with E-state index in [1.807, 2.05) is 55.6 Å². The topological polar surface area (TPSA) is 54.0 Å². The number of nitrogens with one attached hydrogen (secondary N) is 2. The minimum atomic E-state index is -0.0460. The van der Waals surface area contributed by atoms with Crippen molar-refractivity contribution in [1.82, 2.24) is 15.6 Å². The van der Waals surface area contributed by atoms with Crippen LogP contribution in [0, 0.1) is 5.92 Å². The molecule has 0 spiro atoms. The summed E-state index contributed by atoms with van der Waals surface area (Å²) in [5.41, 5.74) is 2.25. The van der Waals surface area contributed by atoms with Crippen LogP contribution in [0.1, 0.15) is 30.0 Å². The second-order valence-corrected chi connectivity index (χ2v) is 5.80. The maximum Gasteiger partial charge on any atom is 0.225 e. The lowest BCUT2D eigenvalue weighted by Crippen LogP contribution is -2.36. The number of benzene rings is 1. The number of pyridine rings is 1. The highest BCUT2D eigenvalue weighted by Crippen LogP contribution is 2.28. The van der Waals surface area contributed by atoms with Gasteiger partial charge in [-0.1, -0.05) is 36.4 Å². The van der Waals surface area contributed by atoms with Crippen LogP contribution in [-0.2, 0) is 4.79 Å². The summed E-state index contributed by atoms with van der Waals surface area (Å²) < 4.78 is 0. The van der Waals surface area contributed by atoms with E-state index in [9.17, 15) is 4.79 Å². The zero-order valence-corrected chi connectivity index (χ0v) is 12.7. The maximum absolute atomic E-state index is 12.6. The third-order valence-corrected chi connectivity index (χ3v) is 4.32. The Labute approximate surface area is 131 Å². The molecule has 22 heavy (non-hydrogen) atoms. The van der Waals surface area contributed by atoms with Gasteiger partial charge in [0.15, 0.2) is 0 Å². The van der Waals surface area contributed by atoms with Gasteiger partial charge in [-0.3, -0.25) is 9.78 Å². The van der Waals surface area contributed by atoms with E-state index in [0.29, 0.717) is 6.54 Å². The zero-order valence-electron chi connectivity index (χ0n) is 12.7. The van der Waals surface area contributed by atoms with Gasteiger partial charge in [-0.05, 0) is 24.1 Å². The Morgan fingerprint density at radius 2 is 2.05 bits per heavy atom. The van der Waals surface area contributed by atoms with Crippen molar-refractivity contribution in [2.75, 3.05) is 13.1 Å². The van der Waals surface area contributed by atoms with Gasteiger partial charge in [-0.25, -0.2) is 0 Å². The van der Waals surface area contributed by atoms with Crippen LogP contribution in [0.2, 0.25) is 0 Å². The molecule has 1 fully saturated rings. The summed E-state index contributed by atoms with van der Waals surface area (Å²) in [5.74, 6) is 0.252. The summed E-state index contributed by atoms with van der Waals surface area (Å²) in [6, 6.07) is 14.0. The first-order chi connectivity index (χ1) is 10.8. The number of hydrogen-bond donors (Lipinski definition) is 2. The maximum atomic E-state index is 12.6. The molecule has 114 valence electrons. The van der Waals surface area contributed by atoms with Gasteiger partial charge in [0, 0.05) is 31.4 Å². The van der Waals surface area contributed by atoms with Crippen molar-refractivity contribution in [3.8, 4) is 0 Å². The lowest BCUT2D eigenvalue weighted by Gasteiger charge is -2.21. The Hall–Kier alpha value is -2.20. The second-order valence-electron chi connectivity index (χ2n) is 5.80. The van der Waals surface area contributed by atoms with Crippen LogP contribution in [-0.4, -0.2) is 24.0 Å². The summed E-state index contributed by atoms with van der Waals surface area (Å²) in [5, 5.41) is 6.46. The molecule has 3 rings (SSSR count). The predicted molar refractivity (Wildman–Crippen MR) is 86.3 cm³/mol. The normalized spacial score (nSPS) is 22.2. The number of carbonyl (C=O) groups excluding carboxylic acids is 1. The van der Waals surface area contributed by atoms with Crippen molar-refractivity contribution in [2.24, 2.45) is 5.92 Å². The average molecular weight is 295 g/mol. The molecule has 0 aliphatic carbocycles. The Bertz CT molecular complexity index is 615. The van der Waals surface area contributed by atoms with E-state index in [1.165, 1.54) is 0 Å². The van der Waals surface area contributed by atoms with Crippen molar-refractivity contribution in [1.29, 1.82) is 0 Å². The molecule has 1 aliphatic rings. The summed E-state index contributed by atoms with van der Waals surface area (Å²) in [6.07, 6.45) is 3.62. The van der Waals surface area contributed by atoms with E-state index in [0.717, 1.165) is 17.7 Å². The molecule has 1 amide bonds. The van der Waals surface area contributed by atoms with Crippen LogP contribution in [0.25, 0.3) is 0 Å². The van der Waals surface area contributed by atoms with Crippen LogP contribution >= 0.6 is 0 Å². The van der Waals surface area contributed by atoms with Crippen LogP contribution in [0.15, 0.2) is 54.9 Å². The number of nitrogens with zero attached hydrogens (tertiary/aromatic N) is 1. The van der Waals surface area contributed by atoms with Crippen LogP contribution in [0.4, 0.5) is 0 Å². The van der Waals surface area contributed by atoms with Gasteiger partial charge in [0.25, 0.3) is 0 Å². The molecule has 0 radical (unpaired) electrons. The predicted octanol–water partition coefficient (Wildman–Crippen LogP) is 2.26. The molecule has 1 aromatic heterocycles. The SMILES string of the molecule is C[C@H](NC(=O)[C@@H]1CNC[C@H]1c1cccnc1)c1ccccc1. The van der Waals surface area contributed by atoms with Gasteiger partial charge in [0.2, 0.25) is 5.91 Å². The first kappa shape index (κ1) is 14.7. The Balaban J connectivity index is 1.69. The van der Waals surface area contributed by atoms with Gasteiger partial charge in [-0.2, -0.15) is 0 Å². The number of amides is 1. The van der Waals surface area contributed by atoms with Crippen molar-refractivity contribution >= 4 is 5.91 Å². The molecular weight excluding hydrogens is 274 g/mol. The molecule has 1 saturated heterocycles. The third-order valence-electron chi connectivity index (χ3n) is 4.32. The lowest BCUT2D eigenvalue weighted by molar-refractivity contribution is -0.125. The highest BCUT2D eigenvalue weighted by atomic mass is 16.2. The highest BCUT2D eigenvalue weighted by Gasteiger charge is 2.34. The summed E-state index contributed by atoms with van der Waals surface area (Å²) in [6.45, 7) is 3.56. The molecule has 0 unspecified atom stereocenters. The molecule has 0 bridgehead atoms. The quantitative estimate of drug-likeness (QED) is 0.909. The Kier molecular flexibility index (Phi) is 4.49. The van der Waals surface area contributed by atoms with Gasteiger partial charge < -0.3 is 10.6 Å². The van der Waals surface area contributed by atoms with Gasteiger partial charge >= 0.3 is 0 Å². The molecule has 2 heterocycles. The van der Waals surface area contributed by atoms with E-state index in [2.05, 4.69) is 15.6 Å². The molecule has 4 heteroatoms. The van der Waals surface area contributed by atoms with E-state index >= 15 is 0 Å². The van der Waals surface area contributed by atoms with Crippen molar-refractivity contribution < 1.29 is 4.79 Å². The van der Waals surface area contributed by atoms with Crippen LogP contribution in [0.5, 0.6) is 0 Å². The fourth-order valence-electron chi connectivity index (χ4n) is 3.05. The number of aromatic nitrogens is 1. The molecule has 2 aromatic rings. The highest BCUT2D eigenvalue weighted by molar-refractivity contribution is 5.81. The first-order valence-electron chi connectivity index (χ1n) is 7.71. The lowest BCUT2D eigenvalue weighted by atomic mass is 9.89. The molecule has 2 N–H and O–H groups in total. The molecular formula is C18H21N3O. The molecule has 1 aromatic carbocycles. The van der Waals surface area contributed by atoms with Crippen molar-refractivity contribution in [3.63, 3.8) is 0 Å². The standard InChI is InChI=1S/C18H21N3O/c1-13(14-6-3-2-4-7-14)21-18(22)17-12-20-11-16(17)15-8-5-9-19-10-15/h2-10,13,16-17,20H,11-12H2,1H3,(H,21,22)/t13-,16-,17+/m0/s1. The van der Waals surface area contributed by atoms with E-state index in [-0.39, 0.29) is 23.8 Å². The minimum absolute atomic E-state index is 0.0175. The summed E-state index contributed by atoms with van der Waals surface area (Å²) in [4.78, 5) is 16.8. The van der Waals surface area contributed by atoms with Gasteiger partial charge in [-0.15, -0.1) is 0 Å². The molecule has 4 nitrogen and oxygen atoms in total. The molecule has 3 atom stereocenters. The summed E-state index contributed by atoms with van der Waals surface area (Å²) in [7, 11) is 0. The minimum Gasteiger partial charge on any atom is -0.349 e. The average Bonchev–Trinajstić information content (AvgIpc) is 3.06. The van der Waals surface area contributed by atoms with Crippen LogP contribution < -0.4 is 10.6 Å². The first-order valence-corrected chi connectivity index (χ1v) is 7.71. The van der Waals surface area contributed by atoms with E-state index in [4.69, 9.17) is 0 Å². The fourth-order valence-corrected chi connectivity index (χ4v) is 3.05. The van der Waals surface area contributed by atoms with Crippen molar-refractivity contribution in [3.05, 3.63) is 66.0 Å². The second kappa shape index (κ2) is 6.71. The Morgan fingerprint density at radius 1 is 1.23 bits per heavy atom. The third kappa shape index (κ3) is 3.17. The number of rotatable bonds is 4. The van der Waals surface area contributed by atoms with E-state index < -0.39 is 0 Å². The number of hydrogen-bond acceptors (Lipinski definition) is 3. The monoisotopic (exact) mass is 295 g/mol. The van der Waals surface area contributed by atoms with Crippen LogP contribution in [0.3, 0.4) is 0 Å². The largest absolute Gasteiger partial charge is 0.349 e. The smallest absolute Gasteiger partial charge is 0.225 e. The fraction of sp³-hybridized carbons (Fsp3) is 0.333. The van der Waals surface area contributed by atoms with Gasteiger partial charge in [0.05, 0.1) is 12.0 Å². The molecule has 1 aliphatic heterocycles. The Morgan fingerprint density at radius 3 is 2.77 bits per heavy atom.